The summed E-state index contributed by atoms with van der Waals surface area (Å²) in [6.45, 7) is -0.137. The van der Waals surface area contributed by atoms with Crippen molar-refractivity contribution in [2.24, 2.45) is 16.9 Å². The van der Waals surface area contributed by atoms with Crippen LogP contribution in [0.2, 0.25) is 0 Å². The zero-order chi connectivity index (χ0) is 16.4. The molecule has 23 heavy (non-hydrogen) atoms. The number of benzene rings is 1. The second-order valence-corrected chi connectivity index (χ2v) is 5.72. The van der Waals surface area contributed by atoms with Gasteiger partial charge in [-0.1, -0.05) is 18.2 Å². The largest absolute Gasteiger partial charge is 0.416 e. The minimum absolute atomic E-state index is 0.137. The Kier molecular flexibility index (Phi) is 4.11. The van der Waals surface area contributed by atoms with Gasteiger partial charge in [-0.25, -0.2) is 5.43 Å². The first kappa shape index (κ1) is 15.6. The van der Waals surface area contributed by atoms with Crippen LogP contribution in [0.4, 0.5) is 18.9 Å². The van der Waals surface area contributed by atoms with Crippen molar-refractivity contribution in [3.05, 3.63) is 42.0 Å². The van der Waals surface area contributed by atoms with Crippen LogP contribution in [0, 0.1) is 11.8 Å². The van der Waals surface area contributed by atoms with Gasteiger partial charge in [-0.2, -0.15) is 18.3 Å². The van der Waals surface area contributed by atoms with Gasteiger partial charge in [-0.15, -0.1) is 0 Å². The number of halogens is 3. The molecule has 2 aliphatic rings. The van der Waals surface area contributed by atoms with Crippen LogP contribution in [-0.2, 0) is 11.0 Å². The van der Waals surface area contributed by atoms with Gasteiger partial charge >= 0.3 is 6.18 Å². The maximum absolute atomic E-state index is 12.6. The van der Waals surface area contributed by atoms with Crippen molar-refractivity contribution >= 4 is 17.3 Å². The molecule has 2 aliphatic carbocycles. The molecule has 7 heteroatoms. The fourth-order valence-corrected chi connectivity index (χ4v) is 2.82. The van der Waals surface area contributed by atoms with Gasteiger partial charge in [0.05, 0.1) is 12.1 Å². The lowest BCUT2D eigenvalue weighted by Crippen LogP contribution is -2.36. The Morgan fingerprint density at radius 2 is 2.17 bits per heavy atom. The molecule has 0 heterocycles. The van der Waals surface area contributed by atoms with Gasteiger partial charge < -0.3 is 5.32 Å². The molecule has 1 aromatic rings. The first-order valence-corrected chi connectivity index (χ1v) is 7.36. The standard InChI is InChI=1S/C16H16F3N3O/c17-16(18,19)11-4-2-5-12(8-11)20-9-15(23)22-21-14-7-10-3-1-6-13(10)14/h1-2,4-6,8,10,13,20H,3,7,9H2,(H,22,23)/b21-14-/t10-,13-/m1/s1. The summed E-state index contributed by atoms with van der Waals surface area (Å²) in [4.78, 5) is 11.7. The normalized spacial score (nSPS) is 24.2. The number of allylic oxidation sites excluding steroid dienone is 2. The highest BCUT2D eigenvalue weighted by Gasteiger charge is 2.37. The third kappa shape index (κ3) is 3.55. The van der Waals surface area contributed by atoms with E-state index in [1.165, 1.54) is 12.1 Å². The zero-order valence-electron chi connectivity index (χ0n) is 12.2. The van der Waals surface area contributed by atoms with E-state index in [0.29, 0.717) is 11.8 Å². The number of hydrazone groups is 1. The first-order chi connectivity index (χ1) is 10.9. The Bertz CT molecular complexity index is 667. The number of nitrogens with zero attached hydrogens (tertiary/aromatic N) is 1. The van der Waals surface area contributed by atoms with Crippen LogP contribution in [0.1, 0.15) is 18.4 Å². The average molecular weight is 323 g/mol. The molecule has 0 radical (unpaired) electrons. The van der Waals surface area contributed by atoms with Crippen molar-refractivity contribution in [3.63, 3.8) is 0 Å². The minimum atomic E-state index is -4.40. The molecule has 1 aromatic carbocycles. The van der Waals surface area contributed by atoms with E-state index in [4.69, 9.17) is 0 Å². The van der Waals surface area contributed by atoms with Gasteiger partial charge in [0.1, 0.15) is 0 Å². The topological polar surface area (TPSA) is 53.5 Å². The summed E-state index contributed by atoms with van der Waals surface area (Å²) in [6.07, 6.45) is 1.77. The van der Waals surface area contributed by atoms with Crippen LogP contribution in [0.15, 0.2) is 41.5 Å². The number of hydrogen-bond donors (Lipinski definition) is 2. The van der Waals surface area contributed by atoms with Crippen molar-refractivity contribution in [1.82, 2.24) is 5.43 Å². The smallest absolute Gasteiger partial charge is 0.376 e. The molecule has 1 saturated carbocycles. The van der Waals surface area contributed by atoms with Crippen LogP contribution < -0.4 is 10.7 Å². The van der Waals surface area contributed by atoms with Gasteiger partial charge in [0.2, 0.25) is 0 Å². The minimum Gasteiger partial charge on any atom is -0.376 e. The second-order valence-electron chi connectivity index (χ2n) is 5.72. The molecule has 2 N–H and O–H groups in total. The van der Waals surface area contributed by atoms with Crippen molar-refractivity contribution in [3.8, 4) is 0 Å². The second kappa shape index (κ2) is 6.06. The van der Waals surface area contributed by atoms with E-state index in [9.17, 15) is 18.0 Å². The number of anilines is 1. The Labute approximate surface area is 131 Å². The lowest BCUT2D eigenvalue weighted by atomic mass is 9.74. The Balaban J connectivity index is 1.50. The fraction of sp³-hybridized carbons (Fsp3) is 0.375. The Hall–Kier alpha value is -2.31. The molecule has 0 bridgehead atoms. The molecule has 1 fully saturated rings. The van der Waals surface area contributed by atoms with Crippen molar-refractivity contribution < 1.29 is 18.0 Å². The van der Waals surface area contributed by atoms with E-state index < -0.39 is 11.7 Å². The van der Waals surface area contributed by atoms with Gasteiger partial charge in [-0.3, -0.25) is 4.79 Å². The van der Waals surface area contributed by atoms with Crippen molar-refractivity contribution in [2.45, 2.75) is 19.0 Å². The molecule has 0 aliphatic heterocycles. The molecular weight excluding hydrogens is 307 g/mol. The number of carbonyl (C=O) groups is 1. The van der Waals surface area contributed by atoms with Crippen LogP contribution >= 0.6 is 0 Å². The van der Waals surface area contributed by atoms with Crippen LogP contribution in [0.25, 0.3) is 0 Å². The summed E-state index contributed by atoms with van der Waals surface area (Å²) in [5, 5.41) is 6.75. The summed E-state index contributed by atoms with van der Waals surface area (Å²) in [6, 6.07) is 4.73. The highest BCUT2D eigenvalue weighted by atomic mass is 19.4. The summed E-state index contributed by atoms with van der Waals surface area (Å²) >= 11 is 0. The Morgan fingerprint density at radius 3 is 2.91 bits per heavy atom. The number of carbonyl (C=O) groups excluding carboxylic acids is 1. The van der Waals surface area contributed by atoms with E-state index in [1.54, 1.807) is 0 Å². The third-order valence-corrected chi connectivity index (χ3v) is 4.11. The van der Waals surface area contributed by atoms with Crippen LogP contribution in [0.3, 0.4) is 0 Å². The molecule has 122 valence electrons. The quantitative estimate of drug-likeness (QED) is 0.660. The zero-order valence-corrected chi connectivity index (χ0v) is 12.2. The van der Waals surface area contributed by atoms with Gasteiger partial charge in [0.25, 0.3) is 5.91 Å². The van der Waals surface area contributed by atoms with Gasteiger partial charge in [-0.05, 0) is 37.0 Å². The fourth-order valence-electron chi connectivity index (χ4n) is 2.82. The maximum atomic E-state index is 12.6. The highest BCUT2D eigenvalue weighted by Crippen LogP contribution is 2.40. The molecule has 0 saturated heterocycles. The maximum Gasteiger partial charge on any atom is 0.416 e. The number of alkyl halides is 3. The summed E-state index contributed by atoms with van der Waals surface area (Å²) in [7, 11) is 0. The number of hydrogen-bond acceptors (Lipinski definition) is 3. The van der Waals surface area contributed by atoms with Crippen LogP contribution in [-0.4, -0.2) is 18.2 Å². The van der Waals surface area contributed by atoms with E-state index in [2.05, 4.69) is 28.0 Å². The Morgan fingerprint density at radius 1 is 1.35 bits per heavy atom. The molecule has 1 amide bonds. The van der Waals surface area contributed by atoms with E-state index in [1.807, 2.05) is 0 Å². The highest BCUT2D eigenvalue weighted by molar-refractivity contribution is 5.95. The number of nitrogens with one attached hydrogen (secondary N) is 2. The molecule has 2 atom stereocenters. The number of rotatable bonds is 4. The average Bonchev–Trinajstić information content (AvgIpc) is 2.86. The molecular formula is C16H16F3N3O. The molecule has 0 unspecified atom stereocenters. The summed E-state index contributed by atoms with van der Waals surface area (Å²) < 4.78 is 37.8. The monoisotopic (exact) mass is 323 g/mol. The van der Waals surface area contributed by atoms with Crippen molar-refractivity contribution in [2.75, 3.05) is 11.9 Å². The lowest BCUT2D eigenvalue weighted by Gasteiger charge is -2.31. The lowest BCUT2D eigenvalue weighted by molar-refractivity contribution is -0.137. The van der Waals surface area contributed by atoms with Gasteiger partial charge in [0.15, 0.2) is 0 Å². The predicted molar refractivity (Wildman–Crippen MR) is 80.9 cm³/mol. The van der Waals surface area contributed by atoms with E-state index in [0.717, 1.165) is 30.7 Å². The molecule has 4 nitrogen and oxygen atoms in total. The number of amides is 1. The first-order valence-electron chi connectivity index (χ1n) is 7.36. The predicted octanol–water partition coefficient (Wildman–Crippen LogP) is 3.19. The SMILES string of the molecule is O=C(CNc1cccc(C(F)(F)F)c1)N/N=C1/C[C@H]2CC=C[C@@H]12. The van der Waals surface area contributed by atoms with E-state index >= 15 is 0 Å². The summed E-state index contributed by atoms with van der Waals surface area (Å²) in [5.74, 6) is 0.570. The third-order valence-electron chi connectivity index (χ3n) is 4.11. The van der Waals surface area contributed by atoms with Crippen LogP contribution in [0.5, 0.6) is 0 Å². The molecule has 0 spiro atoms. The number of fused-ring (bicyclic) bond motifs is 1. The van der Waals surface area contributed by atoms with Crippen molar-refractivity contribution in [1.29, 1.82) is 0 Å². The summed E-state index contributed by atoms with van der Waals surface area (Å²) in [5.41, 5.74) is 2.89. The molecule has 0 aromatic heterocycles. The van der Waals surface area contributed by atoms with E-state index in [-0.39, 0.29) is 18.1 Å². The molecule has 3 rings (SSSR count). The van der Waals surface area contributed by atoms with Gasteiger partial charge in [0, 0.05) is 17.3 Å².